The number of aldehydes is 1. The monoisotopic (exact) mass is 348 g/mol. The molecule has 0 unspecified atom stereocenters. The molecule has 3 N–H and O–H groups in total. The van der Waals surface area contributed by atoms with E-state index in [1.807, 2.05) is 19.3 Å². The van der Waals surface area contributed by atoms with Crippen molar-refractivity contribution in [2.75, 3.05) is 5.88 Å². The Kier molecular flexibility index (Phi) is 8.07. The van der Waals surface area contributed by atoms with E-state index in [9.17, 15) is 4.79 Å². The van der Waals surface area contributed by atoms with Gasteiger partial charge in [0.05, 0.1) is 27.2 Å². The molecule has 0 saturated carbocycles. The summed E-state index contributed by atoms with van der Waals surface area (Å²) in [5.74, 6) is 0.613. The van der Waals surface area contributed by atoms with E-state index in [0.717, 1.165) is 21.3 Å². The number of aryl methyl sites for hydroxylation is 2. The van der Waals surface area contributed by atoms with Crippen LogP contribution in [0.1, 0.15) is 15.6 Å². The maximum atomic E-state index is 10.6. The average Bonchev–Trinajstić information content (AvgIpc) is 2.87. The number of nitrogens with zero attached hydrogens (tertiary/aromatic N) is 2. The Morgan fingerprint density at radius 3 is 2.74 bits per heavy atom. The Labute approximate surface area is 144 Å². The zero-order valence-electron chi connectivity index (χ0n) is 13.2. The van der Waals surface area contributed by atoms with Gasteiger partial charge in [0.25, 0.3) is 0 Å². The minimum Gasteiger partial charge on any atom is -0.404 e. The molecule has 0 fully saturated rings. The van der Waals surface area contributed by atoms with E-state index >= 15 is 0 Å². The fraction of sp³-hybridized carbons (Fsp3) is 0.188. The minimum atomic E-state index is 0.398. The first-order chi connectivity index (χ1) is 11.0. The molecule has 23 heavy (non-hydrogen) atoms. The maximum Gasteiger partial charge on any atom is 0.151 e. The van der Waals surface area contributed by atoms with Crippen LogP contribution in [-0.4, -0.2) is 23.9 Å². The number of carbonyl (C=O) groups is 1. The molecule has 7 heteroatoms. The van der Waals surface area contributed by atoms with Crippen molar-refractivity contribution in [1.82, 2.24) is 10.3 Å². The molecular formula is C16H20N4OS2. The predicted molar refractivity (Wildman–Crippen MR) is 101 cm³/mol. The highest BCUT2D eigenvalue weighted by molar-refractivity contribution is 8.02. The highest BCUT2D eigenvalue weighted by Crippen LogP contribution is 2.28. The first-order valence-electron chi connectivity index (χ1n) is 6.72. The quantitative estimate of drug-likeness (QED) is 0.179. The summed E-state index contributed by atoms with van der Waals surface area (Å²) >= 11 is 3.14. The van der Waals surface area contributed by atoms with Crippen molar-refractivity contribution in [2.24, 2.45) is 10.7 Å². The van der Waals surface area contributed by atoms with Crippen molar-refractivity contribution < 1.29 is 4.79 Å². The van der Waals surface area contributed by atoms with Crippen LogP contribution >= 0.6 is 23.1 Å². The van der Waals surface area contributed by atoms with Gasteiger partial charge in [-0.25, -0.2) is 4.98 Å². The number of thioether (sulfide) groups is 1. The number of hydrogen-bond acceptors (Lipinski definition) is 7. The Hall–Kier alpha value is -2.12. The largest absolute Gasteiger partial charge is 0.404 e. The molecule has 0 atom stereocenters. The van der Waals surface area contributed by atoms with Gasteiger partial charge in [-0.1, -0.05) is 6.58 Å². The fourth-order valence-electron chi connectivity index (χ4n) is 1.58. The maximum absolute atomic E-state index is 10.6. The van der Waals surface area contributed by atoms with Crippen molar-refractivity contribution >= 4 is 41.8 Å². The summed E-state index contributed by atoms with van der Waals surface area (Å²) in [6.07, 6.45) is 5.22. The second-order valence-corrected chi connectivity index (χ2v) is 6.50. The van der Waals surface area contributed by atoms with Gasteiger partial charge in [-0.2, -0.15) is 0 Å². The van der Waals surface area contributed by atoms with Crippen LogP contribution < -0.4 is 11.1 Å². The van der Waals surface area contributed by atoms with Crippen LogP contribution in [0.5, 0.6) is 0 Å². The van der Waals surface area contributed by atoms with E-state index in [-0.39, 0.29) is 0 Å². The smallest absolute Gasteiger partial charge is 0.151 e. The summed E-state index contributed by atoms with van der Waals surface area (Å²) in [5, 5.41) is 6.06. The van der Waals surface area contributed by atoms with Crippen LogP contribution in [-0.2, 0) is 4.79 Å². The van der Waals surface area contributed by atoms with Crippen molar-refractivity contribution in [3.8, 4) is 0 Å². The molecule has 5 nitrogen and oxygen atoms in total. The van der Waals surface area contributed by atoms with Gasteiger partial charge in [-0.3, -0.25) is 9.79 Å². The molecule has 0 radical (unpaired) electrons. The summed E-state index contributed by atoms with van der Waals surface area (Å²) in [5.41, 5.74) is 8.14. The molecule has 0 aliphatic carbocycles. The first kappa shape index (κ1) is 18.9. The zero-order chi connectivity index (χ0) is 17.2. The number of allylic oxidation sites excluding steroid dienone is 3. The molecule has 1 aromatic rings. The van der Waals surface area contributed by atoms with Crippen molar-refractivity contribution in [3.63, 3.8) is 0 Å². The van der Waals surface area contributed by atoms with Crippen molar-refractivity contribution in [3.05, 3.63) is 57.2 Å². The van der Waals surface area contributed by atoms with Gasteiger partial charge >= 0.3 is 0 Å². The Balaban J connectivity index is 2.54. The van der Waals surface area contributed by atoms with Gasteiger partial charge < -0.3 is 11.1 Å². The van der Waals surface area contributed by atoms with E-state index in [0.29, 0.717) is 23.4 Å². The van der Waals surface area contributed by atoms with E-state index in [2.05, 4.69) is 28.6 Å². The van der Waals surface area contributed by atoms with Gasteiger partial charge in [-0.15, -0.1) is 23.1 Å². The number of thiazole rings is 1. The van der Waals surface area contributed by atoms with Gasteiger partial charge in [0.15, 0.2) is 6.29 Å². The number of nitrogens with one attached hydrogen (secondary N) is 1. The van der Waals surface area contributed by atoms with Gasteiger partial charge in [0, 0.05) is 17.5 Å². The molecule has 1 aromatic heterocycles. The molecule has 1 rings (SSSR count). The number of aromatic nitrogens is 1. The van der Waals surface area contributed by atoms with Crippen molar-refractivity contribution in [1.29, 1.82) is 0 Å². The third-order valence-corrected chi connectivity index (χ3v) is 4.49. The highest BCUT2D eigenvalue weighted by Gasteiger charge is 2.08. The number of carbonyl (C=O) groups excluding carboxylic acids is 1. The normalized spacial score (nSPS) is 12.4. The first-order valence-corrected chi connectivity index (χ1v) is 8.59. The molecule has 0 spiro atoms. The SMILES string of the molecule is C=N/C(=C\SCNC(=C)/C=C\C(C=O)=C/N)c1sc(C)nc1C. The molecule has 0 bridgehead atoms. The summed E-state index contributed by atoms with van der Waals surface area (Å²) in [4.78, 5) is 20.1. The van der Waals surface area contributed by atoms with Crippen LogP contribution in [0, 0.1) is 13.8 Å². The Morgan fingerprint density at radius 2 is 2.22 bits per heavy atom. The van der Waals surface area contributed by atoms with Crippen LogP contribution in [0.15, 0.2) is 46.6 Å². The number of hydrogen-bond donors (Lipinski definition) is 2. The Bertz CT molecular complexity index is 672. The highest BCUT2D eigenvalue weighted by atomic mass is 32.2. The van der Waals surface area contributed by atoms with Gasteiger partial charge in [0.1, 0.15) is 0 Å². The van der Waals surface area contributed by atoms with Crippen LogP contribution in [0.3, 0.4) is 0 Å². The predicted octanol–water partition coefficient (Wildman–Crippen LogP) is 3.15. The summed E-state index contributed by atoms with van der Waals surface area (Å²) < 4.78 is 0. The second-order valence-electron chi connectivity index (χ2n) is 4.44. The number of nitrogens with two attached hydrogens (primary N) is 1. The molecule has 0 aromatic carbocycles. The van der Waals surface area contributed by atoms with E-state index in [4.69, 9.17) is 5.73 Å². The van der Waals surface area contributed by atoms with E-state index in [1.165, 1.54) is 6.20 Å². The lowest BCUT2D eigenvalue weighted by Gasteiger charge is -2.04. The summed E-state index contributed by atoms with van der Waals surface area (Å²) in [6, 6.07) is 0. The molecule has 0 aliphatic rings. The van der Waals surface area contributed by atoms with Crippen LogP contribution in [0.25, 0.3) is 5.70 Å². The van der Waals surface area contributed by atoms with E-state index < -0.39 is 0 Å². The van der Waals surface area contributed by atoms with E-state index in [1.54, 1.807) is 35.3 Å². The summed E-state index contributed by atoms with van der Waals surface area (Å²) in [6.45, 7) is 11.4. The van der Waals surface area contributed by atoms with Crippen LogP contribution in [0.4, 0.5) is 0 Å². The Morgan fingerprint density at radius 1 is 1.48 bits per heavy atom. The lowest BCUT2D eigenvalue weighted by molar-refractivity contribution is -0.104. The number of rotatable bonds is 9. The molecule has 0 saturated heterocycles. The molecule has 1 heterocycles. The van der Waals surface area contributed by atoms with Crippen molar-refractivity contribution in [2.45, 2.75) is 13.8 Å². The molecular weight excluding hydrogens is 328 g/mol. The second kappa shape index (κ2) is 9.81. The van der Waals surface area contributed by atoms with Gasteiger partial charge in [-0.05, 0) is 38.1 Å². The molecule has 0 amide bonds. The third kappa shape index (κ3) is 6.25. The standard InChI is InChI=1S/C16H20N4OS2/c1-11(5-6-14(7-17)8-21)19-10-22-9-15(18-4)16-12(2)20-13(3)23-16/h5-9,19H,1,4,10,17H2,2-3H3/b6-5-,14-7+,15-9-. The summed E-state index contributed by atoms with van der Waals surface area (Å²) in [7, 11) is 0. The topological polar surface area (TPSA) is 80.4 Å². The lowest BCUT2D eigenvalue weighted by Crippen LogP contribution is -2.08. The fourth-order valence-corrected chi connectivity index (χ4v) is 3.25. The number of aliphatic imine (C=N–C) groups is 1. The third-order valence-electron chi connectivity index (χ3n) is 2.69. The molecule has 0 aliphatic heterocycles. The van der Waals surface area contributed by atoms with Crippen LogP contribution in [0.2, 0.25) is 0 Å². The average molecular weight is 348 g/mol. The minimum absolute atomic E-state index is 0.398. The zero-order valence-corrected chi connectivity index (χ0v) is 14.8. The molecule has 122 valence electrons. The van der Waals surface area contributed by atoms with Gasteiger partial charge in [0.2, 0.25) is 0 Å². The lowest BCUT2D eigenvalue weighted by atomic mass is 10.3.